The van der Waals surface area contributed by atoms with E-state index in [0.29, 0.717) is 12.1 Å². The molecule has 4 N–H and O–H groups in total. The molecule has 1 amide bonds. The van der Waals surface area contributed by atoms with Crippen molar-refractivity contribution in [2.24, 2.45) is 0 Å². The molecule has 0 aromatic heterocycles. The lowest BCUT2D eigenvalue weighted by Crippen LogP contribution is -2.48. The van der Waals surface area contributed by atoms with E-state index in [2.05, 4.69) is 26.0 Å². The molecular formula is C17H13BrClF3N2O7S. The van der Waals surface area contributed by atoms with E-state index in [1.54, 1.807) is 0 Å². The average molecular weight is 562 g/mol. The van der Waals surface area contributed by atoms with Gasteiger partial charge < -0.3 is 25.0 Å². The van der Waals surface area contributed by atoms with Crippen molar-refractivity contribution in [3.05, 3.63) is 39.3 Å². The maximum Gasteiger partial charge on any atom is 0.573 e. The molecule has 1 fully saturated rings. The van der Waals surface area contributed by atoms with Crippen molar-refractivity contribution in [3.63, 3.8) is 0 Å². The molecule has 0 aliphatic carbocycles. The van der Waals surface area contributed by atoms with E-state index in [1.807, 2.05) is 4.72 Å². The largest absolute Gasteiger partial charge is 0.573 e. The van der Waals surface area contributed by atoms with E-state index >= 15 is 0 Å². The number of anilines is 1. The highest BCUT2D eigenvalue weighted by Crippen LogP contribution is 2.39. The molecule has 1 aliphatic heterocycles. The number of sulfonamides is 1. The van der Waals surface area contributed by atoms with Crippen molar-refractivity contribution >= 4 is 49.1 Å². The number of nitrogens with one attached hydrogen (secondary N) is 2. The number of ether oxygens (including phenoxy) is 2. The second-order valence-electron chi connectivity index (χ2n) is 6.46. The molecule has 0 radical (unpaired) electrons. The van der Waals surface area contributed by atoms with Gasteiger partial charge in [-0.2, -0.15) is 0 Å². The van der Waals surface area contributed by atoms with E-state index in [1.165, 1.54) is 6.07 Å². The van der Waals surface area contributed by atoms with Crippen molar-refractivity contribution in [2.45, 2.75) is 17.3 Å². The number of aromatic hydroxyl groups is 2. The molecule has 0 unspecified atom stereocenters. The smallest absolute Gasteiger partial charge is 0.505 e. The number of phenols is 2. The van der Waals surface area contributed by atoms with Gasteiger partial charge in [0.2, 0.25) is 0 Å². The Balaban J connectivity index is 2.05. The van der Waals surface area contributed by atoms with Crippen LogP contribution < -0.4 is 14.8 Å². The first-order valence-electron chi connectivity index (χ1n) is 8.49. The minimum absolute atomic E-state index is 0.160. The lowest BCUT2D eigenvalue weighted by atomic mass is 10.1. The van der Waals surface area contributed by atoms with Gasteiger partial charge in [-0.25, -0.2) is 8.42 Å². The van der Waals surface area contributed by atoms with Crippen LogP contribution >= 0.6 is 27.5 Å². The standard InChI is InChI=1S/C17H13BrClF3N2O7S/c18-7-1-11(19)15(26)13(2-7)32(28,29)24-12-4-9(31-17(20,21)22)3-10(14(12)25)16(27)23-8-5-30-6-8/h1-4,8,24-26H,5-6H2,(H,23,27). The van der Waals surface area contributed by atoms with Crippen LogP contribution in [-0.4, -0.2) is 50.2 Å². The molecule has 3 rings (SSSR count). The number of rotatable bonds is 6. The van der Waals surface area contributed by atoms with E-state index < -0.39 is 61.7 Å². The maximum atomic E-state index is 12.7. The normalized spacial score (nSPS) is 14.5. The molecular weight excluding hydrogens is 549 g/mol. The number of hydrogen-bond acceptors (Lipinski definition) is 7. The lowest BCUT2D eigenvalue weighted by molar-refractivity contribution is -0.274. The number of halogens is 5. The summed E-state index contributed by atoms with van der Waals surface area (Å²) in [5.74, 6) is -3.77. The molecule has 9 nitrogen and oxygen atoms in total. The summed E-state index contributed by atoms with van der Waals surface area (Å²) in [4.78, 5) is 11.7. The Morgan fingerprint density at radius 3 is 2.41 bits per heavy atom. The highest BCUT2D eigenvalue weighted by atomic mass is 79.9. The molecule has 0 saturated carbocycles. The van der Waals surface area contributed by atoms with Crippen LogP contribution in [0.2, 0.25) is 5.02 Å². The van der Waals surface area contributed by atoms with Crippen LogP contribution in [-0.2, 0) is 14.8 Å². The Hall–Kier alpha value is -2.42. The van der Waals surface area contributed by atoms with Crippen LogP contribution in [0.4, 0.5) is 18.9 Å². The quantitative estimate of drug-likeness (QED) is 0.398. The van der Waals surface area contributed by atoms with Crippen molar-refractivity contribution < 1.29 is 46.1 Å². The molecule has 15 heteroatoms. The minimum atomic E-state index is -5.17. The molecule has 1 aliphatic rings. The van der Waals surface area contributed by atoms with Crippen molar-refractivity contribution in [1.82, 2.24) is 5.32 Å². The highest BCUT2D eigenvalue weighted by molar-refractivity contribution is 9.10. The Morgan fingerprint density at radius 2 is 1.84 bits per heavy atom. The third-order valence-corrected chi connectivity index (χ3v) is 6.19. The predicted octanol–water partition coefficient (Wildman–Crippen LogP) is 3.34. The van der Waals surface area contributed by atoms with Gasteiger partial charge in [0.05, 0.1) is 35.5 Å². The monoisotopic (exact) mass is 560 g/mol. The summed E-state index contributed by atoms with van der Waals surface area (Å²) in [7, 11) is -4.69. The van der Waals surface area contributed by atoms with Gasteiger partial charge in [0, 0.05) is 10.5 Å². The zero-order chi connectivity index (χ0) is 23.8. The van der Waals surface area contributed by atoms with Crippen LogP contribution in [0, 0.1) is 0 Å². The van der Waals surface area contributed by atoms with Gasteiger partial charge in [0.25, 0.3) is 15.9 Å². The molecule has 0 bridgehead atoms. The lowest BCUT2D eigenvalue weighted by Gasteiger charge is -2.27. The Bertz CT molecular complexity index is 1170. The fourth-order valence-electron chi connectivity index (χ4n) is 2.58. The molecule has 0 spiro atoms. The number of phenolic OH excluding ortho intramolecular Hbond substituents is 2. The van der Waals surface area contributed by atoms with Crippen molar-refractivity contribution in [3.8, 4) is 17.2 Å². The Morgan fingerprint density at radius 1 is 1.19 bits per heavy atom. The number of alkyl halides is 3. The summed E-state index contributed by atoms with van der Waals surface area (Å²) < 4.78 is 74.4. The fraction of sp³-hybridized carbons (Fsp3) is 0.235. The highest BCUT2D eigenvalue weighted by Gasteiger charge is 2.33. The first kappa shape index (κ1) is 24.2. The summed E-state index contributed by atoms with van der Waals surface area (Å²) in [6, 6.07) is 2.87. The summed E-state index contributed by atoms with van der Waals surface area (Å²) in [6.45, 7) is 0.321. The van der Waals surface area contributed by atoms with Crippen LogP contribution in [0.25, 0.3) is 0 Å². The SMILES string of the molecule is O=C(NC1COC1)c1cc(OC(F)(F)F)cc(NS(=O)(=O)c2cc(Br)cc(Cl)c2O)c1O. The Labute approximate surface area is 192 Å². The molecule has 2 aromatic rings. The third-order valence-electron chi connectivity index (χ3n) is 4.06. The maximum absolute atomic E-state index is 12.7. The molecule has 2 aromatic carbocycles. The summed E-state index contributed by atoms with van der Waals surface area (Å²) in [5.41, 5.74) is -1.50. The first-order valence-corrected chi connectivity index (χ1v) is 11.1. The molecule has 32 heavy (non-hydrogen) atoms. The van der Waals surface area contributed by atoms with Crippen LogP contribution in [0.1, 0.15) is 10.4 Å². The second-order valence-corrected chi connectivity index (χ2v) is 9.44. The van der Waals surface area contributed by atoms with E-state index in [-0.39, 0.29) is 22.7 Å². The number of amides is 1. The van der Waals surface area contributed by atoms with Crippen LogP contribution in [0.3, 0.4) is 0 Å². The summed E-state index contributed by atoms with van der Waals surface area (Å²) in [6.07, 6.45) is -5.17. The van der Waals surface area contributed by atoms with E-state index in [9.17, 15) is 36.6 Å². The zero-order valence-corrected chi connectivity index (χ0v) is 18.7. The number of benzene rings is 2. The molecule has 1 saturated heterocycles. The molecule has 174 valence electrons. The Kier molecular flexibility index (Phi) is 6.70. The van der Waals surface area contributed by atoms with E-state index in [0.717, 1.165) is 6.07 Å². The van der Waals surface area contributed by atoms with Gasteiger partial charge in [0.1, 0.15) is 10.6 Å². The topological polar surface area (TPSA) is 134 Å². The number of carbonyl (C=O) groups is 1. The number of hydrogen-bond donors (Lipinski definition) is 4. The number of carbonyl (C=O) groups excluding carboxylic acids is 1. The van der Waals surface area contributed by atoms with Gasteiger partial charge in [-0.1, -0.05) is 27.5 Å². The minimum Gasteiger partial charge on any atom is -0.505 e. The first-order chi connectivity index (χ1) is 14.8. The second kappa shape index (κ2) is 8.84. The summed E-state index contributed by atoms with van der Waals surface area (Å²) in [5, 5.41) is 22.5. The molecule has 1 heterocycles. The van der Waals surface area contributed by atoms with Gasteiger partial charge >= 0.3 is 6.36 Å². The average Bonchev–Trinajstić information content (AvgIpc) is 2.62. The van der Waals surface area contributed by atoms with Gasteiger partial charge in [-0.05, 0) is 18.2 Å². The van der Waals surface area contributed by atoms with Gasteiger partial charge in [-0.15, -0.1) is 13.2 Å². The van der Waals surface area contributed by atoms with Gasteiger partial charge in [-0.3, -0.25) is 9.52 Å². The van der Waals surface area contributed by atoms with Crippen molar-refractivity contribution in [1.29, 1.82) is 0 Å². The van der Waals surface area contributed by atoms with Crippen LogP contribution in [0.15, 0.2) is 33.6 Å². The predicted molar refractivity (Wildman–Crippen MR) is 108 cm³/mol. The fourth-order valence-corrected chi connectivity index (χ4v) is 4.80. The molecule has 0 atom stereocenters. The van der Waals surface area contributed by atoms with E-state index in [4.69, 9.17) is 16.3 Å². The third kappa shape index (κ3) is 5.49. The van der Waals surface area contributed by atoms with Crippen molar-refractivity contribution in [2.75, 3.05) is 17.9 Å². The van der Waals surface area contributed by atoms with Crippen LogP contribution in [0.5, 0.6) is 17.2 Å². The van der Waals surface area contributed by atoms with Gasteiger partial charge in [0.15, 0.2) is 11.5 Å². The summed E-state index contributed by atoms with van der Waals surface area (Å²) >= 11 is 8.77. The zero-order valence-electron chi connectivity index (χ0n) is 15.5.